The fraction of sp³-hybridized carbons (Fsp3) is 0.333. The maximum absolute atomic E-state index is 13.4. The summed E-state index contributed by atoms with van der Waals surface area (Å²) in [7, 11) is 0. The first-order chi connectivity index (χ1) is 14.0. The lowest BCUT2D eigenvalue weighted by atomic mass is 9.89. The molecular weight excluding hydrogens is 372 g/mol. The van der Waals surface area contributed by atoms with Crippen molar-refractivity contribution in [2.24, 2.45) is 5.92 Å². The Morgan fingerprint density at radius 2 is 1.52 bits per heavy atom. The average molecular weight is 392 g/mol. The number of anilines is 1. The van der Waals surface area contributed by atoms with Gasteiger partial charge in [0.15, 0.2) is 0 Å². The minimum atomic E-state index is -0.522. The first kappa shape index (κ1) is 18.0. The molecule has 3 atom stereocenters. The number of non-ortho nitro benzene ring substituents is 1. The van der Waals surface area contributed by atoms with E-state index in [1.54, 1.807) is 0 Å². The lowest BCUT2D eigenvalue weighted by Gasteiger charge is -2.29. The summed E-state index contributed by atoms with van der Waals surface area (Å²) in [6.07, 6.45) is 0.949. The Kier molecular flexibility index (Phi) is 4.01. The Bertz CT molecular complexity index is 1000. The maximum Gasteiger partial charge on any atom is 0.269 e. The fourth-order valence-corrected chi connectivity index (χ4v) is 4.85. The number of hydrogen-bond acceptors (Lipinski definition) is 6. The lowest BCUT2D eigenvalue weighted by molar-refractivity contribution is -0.384. The summed E-state index contributed by atoms with van der Waals surface area (Å²) in [6.45, 7) is 3.59. The van der Waals surface area contributed by atoms with Gasteiger partial charge in [-0.15, -0.1) is 0 Å². The highest BCUT2D eigenvalue weighted by molar-refractivity contribution is 6.24. The summed E-state index contributed by atoms with van der Waals surface area (Å²) in [4.78, 5) is 38.3. The van der Waals surface area contributed by atoms with E-state index in [4.69, 9.17) is 0 Å². The zero-order valence-corrected chi connectivity index (χ0v) is 15.9. The van der Waals surface area contributed by atoms with Gasteiger partial charge in [-0.2, -0.15) is 0 Å². The number of aryl methyl sites for hydroxylation is 1. The molecule has 0 N–H and O–H groups in total. The van der Waals surface area contributed by atoms with Crippen LogP contribution in [0.3, 0.4) is 0 Å². The van der Waals surface area contributed by atoms with Crippen molar-refractivity contribution in [1.82, 2.24) is 10.0 Å². The average Bonchev–Trinajstić information content (AvgIpc) is 3.35. The predicted molar refractivity (Wildman–Crippen MR) is 105 cm³/mol. The lowest BCUT2D eigenvalue weighted by Crippen LogP contribution is -2.44. The van der Waals surface area contributed by atoms with Crippen molar-refractivity contribution in [3.05, 3.63) is 69.8 Å². The van der Waals surface area contributed by atoms with Crippen molar-refractivity contribution < 1.29 is 14.5 Å². The van der Waals surface area contributed by atoms with Gasteiger partial charge in [-0.25, -0.2) is 14.9 Å². The van der Waals surface area contributed by atoms with E-state index in [0.717, 1.165) is 30.6 Å². The number of nitro groups is 1. The minimum absolute atomic E-state index is 0.0729. The molecule has 0 bridgehead atoms. The smallest absolute Gasteiger partial charge is 0.269 e. The van der Waals surface area contributed by atoms with E-state index in [-0.39, 0.29) is 23.5 Å². The van der Waals surface area contributed by atoms with Gasteiger partial charge < -0.3 is 0 Å². The molecule has 2 amide bonds. The minimum Gasteiger partial charge on any atom is -0.274 e. The van der Waals surface area contributed by atoms with Crippen molar-refractivity contribution in [2.75, 3.05) is 18.0 Å². The quantitative estimate of drug-likeness (QED) is 0.453. The van der Waals surface area contributed by atoms with Crippen LogP contribution in [0.2, 0.25) is 0 Å². The molecule has 2 aromatic carbocycles. The Balaban J connectivity index is 1.54. The molecule has 0 radical (unpaired) electrons. The largest absolute Gasteiger partial charge is 0.274 e. The van der Waals surface area contributed by atoms with Crippen LogP contribution in [0, 0.1) is 23.0 Å². The topological polar surface area (TPSA) is 87.0 Å². The fourth-order valence-electron chi connectivity index (χ4n) is 4.85. The second-order valence-corrected chi connectivity index (χ2v) is 7.79. The number of carbonyl (C=O) groups excluding carboxylic acids is 2. The van der Waals surface area contributed by atoms with Gasteiger partial charge in [0.05, 0.1) is 22.6 Å². The number of hydrazine groups is 1. The van der Waals surface area contributed by atoms with E-state index in [0.29, 0.717) is 5.69 Å². The van der Waals surface area contributed by atoms with Crippen LogP contribution in [-0.2, 0) is 9.59 Å². The van der Waals surface area contributed by atoms with Gasteiger partial charge >= 0.3 is 0 Å². The van der Waals surface area contributed by atoms with Crippen molar-refractivity contribution in [2.45, 2.75) is 25.4 Å². The first-order valence-electron chi connectivity index (χ1n) is 9.69. The van der Waals surface area contributed by atoms with Gasteiger partial charge in [0.1, 0.15) is 6.04 Å². The van der Waals surface area contributed by atoms with Crippen molar-refractivity contribution in [3.63, 3.8) is 0 Å². The summed E-state index contributed by atoms with van der Waals surface area (Å²) in [5.74, 6) is -0.982. The molecule has 2 aromatic rings. The molecule has 3 saturated heterocycles. The number of benzene rings is 2. The van der Waals surface area contributed by atoms with Gasteiger partial charge in [-0.05, 0) is 31.0 Å². The van der Waals surface area contributed by atoms with Gasteiger partial charge in [0.25, 0.3) is 11.6 Å². The number of imide groups is 1. The molecule has 29 heavy (non-hydrogen) atoms. The van der Waals surface area contributed by atoms with E-state index in [1.165, 1.54) is 29.2 Å². The van der Waals surface area contributed by atoms with Crippen molar-refractivity contribution >= 4 is 23.2 Å². The van der Waals surface area contributed by atoms with Crippen molar-refractivity contribution in [1.29, 1.82) is 0 Å². The van der Waals surface area contributed by atoms with Gasteiger partial charge in [0.2, 0.25) is 5.91 Å². The molecule has 0 aliphatic carbocycles. The van der Waals surface area contributed by atoms with Crippen LogP contribution in [-0.4, -0.2) is 45.9 Å². The van der Waals surface area contributed by atoms with Crippen LogP contribution in [0.5, 0.6) is 0 Å². The Morgan fingerprint density at radius 3 is 2.14 bits per heavy atom. The van der Waals surface area contributed by atoms with E-state index >= 15 is 0 Å². The Hall–Kier alpha value is -3.10. The van der Waals surface area contributed by atoms with E-state index < -0.39 is 16.9 Å². The van der Waals surface area contributed by atoms with Gasteiger partial charge in [-0.1, -0.05) is 29.8 Å². The highest BCUT2D eigenvalue weighted by Gasteiger charge is 2.62. The summed E-state index contributed by atoms with van der Waals surface area (Å²) in [5, 5.41) is 15.1. The highest BCUT2D eigenvalue weighted by Crippen LogP contribution is 2.48. The van der Waals surface area contributed by atoms with Gasteiger partial charge in [-0.3, -0.25) is 19.7 Å². The van der Waals surface area contributed by atoms with E-state index in [2.05, 4.69) is 5.01 Å². The third kappa shape index (κ3) is 2.60. The number of amides is 2. The zero-order valence-electron chi connectivity index (χ0n) is 15.9. The number of hydrogen-bond donors (Lipinski definition) is 0. The second kappa shape index (κ2) is 6.47. The number of fused-ring (bicyclic) bond motifs is 3. The first-order valence-corrected chi connectivity index (χ1v) is 9.69. The third-order valence-electron chi connectivity index (χ3n) is 6.14. The summed E-state index contributed by atoms with van der Waals surface area (Å²) < 4.78 is 0. The normalized spacial score (nSPS) is 26.8. The number of rotatable bonds is 3. The second-order valence-electron chi connectivity index (χ2n) is 7.79. The van der Waals surface area contributed by atoms with E-state index in [1.807, 2.05) is 36.2 Å². The zero-order chi connectivity index (χ0) is 20.3. The molecule has 3 fully saturated rings. The van der Waals surface area contributed by atoms with Crippen LogP contribution in [0.25, 0.3) is 0 Å². The molecule has 8 nitrogen and oxygen atoms in total. The van der Waals surface area contributed by atoms with Crippen LogP contribution in [0.4, 0.5) is 11.4 Å². The molecule has 0 aromatic heterocycles. The predicted octanol–water partition coefficient (Wildman–Crippen LogP) is 2.44. The number of nitrogens with zero attached hydrogens (tertiary/aromatic N) is 4. The number of carbonyl (C=O) groups is 2. The van der Waals surface area contributed by atoms with Crippen LogP contribution in [0.1, 0.15) is 23.6 Å². The van der Waals surface area contributed by atoms with E-state index in [9.17, 15) is 19.7 Å². The van der Waals surface area contributed by atoms with Gasteiger partial charge in [0, 0.05) is 25.2 Å². The SMILES string of the molecule is Cc1ccc([C@H]2[C@@H]3C(=O)N(c4ccc([N+](=O)[O-])cc4)C(=O)[C@H]3N3CCCN23)cc1. The van der Waals surface area contributed by atoms with Crippen LogP contribution in [0.15, 0.2) is 48.5 Å². The van der Waals surface area contributed by atoms with Crippen LogP contribution >= 0.6 is 0 Å². The molecule has 5 rings (SSSR count). The maximum atomic E-state index is 13.4. The number of nitro benzene ring substituents is 1. The molecule has 0 unspecified atom stereocenters. The highest BCUT2D eigenvalue weighted by atomic mass is 16.6. The molecule has 3 aliphatic heterocycles. The third-order valence-corrected chi connectivity index (χ3v) is 6.14. The molecular formula is C21H20N4O4. The van der Waals surface area contributed by atoms with Crippen molar-refractivity contribution in [3.8, 4) is 0 Å². The Morgan fingerprint density at radius 1 is 0.897 bits per heavy atom. The molecule has 3 heterocycles. The van der Waals surface area contributed by atoms with Crippen LogP contribution < -0.4 is 4.90 Å². The molecule has 0 spiro atoms. The summed E-state index contributed by atoms with van der Waals surface area (Å²) in [6, 6.07) is 13.0. The molecule has 3 aliphatic rings. The molecule has 148 valence electrons. The summed E-state index contributed by atoms with van der Waals surface area (Å²) >= 11 is 0. The molecule has 0 saturated carbocycles. The molecule has 8 heteroatoms. The standard InChI is InChI=1S/C21H20N4O4/c1-13-3-5-14(6-4-13)18-17-19(23-12-2-11-22(18)23)21(27)24(20(17)26)15-7-9-16(10-8-15)25(28)29/h3-10,17-19H,2,11-12H2,1H3/t17-,18-,19-/m0/s1. The summed E-state index contributed by atoms with van der Waals surface area (Å²) in [5.41, 5.74) is 2.48. The monoisotopic (exact) mass is 392 g/mol. The Labute approximate surface area is 167 Å².